The largest absolute Gasteiger partial charge is 0.485 e. The lowest BCUT2D eigenvalue weighted by atomic mass is 10.2. The smallest absolute Gasteiger partial charge is 0.264 e. The molecule has 1 aliphatic heterocycles. The highest BCUT2D eigenvalue weighted by Gasteiger charge is 2.27. The average Bonchev–Trinajstić information content (AvgIpc) is 2.98. The minimum absolute atomic E-state index is 0.123. The first-order valence-electron chi connectivity index (χ1n) is 7.10. The summed E-state index contributed by atoms with van der Waals surface area (Å²) in [6.07, 6.45) is 0.367. The van der Waals surface area contributed by atoms with Gasteiger partial charge in [0, 0.05) is 25.5 Å². The van der Waals surface area contributed by atoms with Gasteiger partial charge < -0.3 is 24.5 Å². The fourth-order valence-corrected chi connectivity index (χ4v) is 2.38. The monoisotopic (exact) mass is 302 g/mol. The van der Waals surface area contributed by atoms with Crippen LogP contribution in [0.4, 0.5) is 0 Å². The molecule has 0 saturated carbocycles. The third kappa shape index (κ3) is 2.92. The first-order chi connectivity index (χ1) is 10.6. The second kappa shape index (κ2) is 6.11. The van der Waals surface area contributed by atoms with Crippen molar-refractivity contribution in [2.24, 2.45) is 7.05 Å². The Bertz CT molecular complexity index is 668. The Morgan fingerprint density at radius 3 is 2.86 bits per heavy atom. The summed E-state index contributed by atoms with van der Waals surface area (Å²) in [4.78, 5) is 12.1. The fraction of sp³-hybridized carbons (Fsp3) is 0.312. The predicted octanol–water partition coefficient (Wildman–Crippen LogP) is 1.01. The van der Waals surface area contributed by atoms with Gasteiger partial charge in [-0.2, -0.15) is 0 Å². The molecule has 0 fully saturated rings. The van der Waals surface area contributed by atoms with Crippen LogP contribution in [0, 0.1) is 0 Å². The van der Waals surface area contributed by atoms with Gasteiger partial charge in [-0.1, -0.05) is 12.1 Å². The van der Waals surface area contributed by atoms with Gasteiger partial charge in [0.1, 0.15) is 12.7 Å². The molecule has 1 amide bonds. The second-order valence-electron chi connectivity index (χ2n) is 5.17. The molecule has 0 aliphatic carbocycles. The second-order valence-corrected chi connectivity index (χ2v) is 5.17. The molecule has 22 heavy (non-hydrogen) atoms. The lowest BCUT2D eigenvalue weighted by molar-refractivity contribution is -0.130. The summed E-state index contributed by atoms with van der Waals surface area (Å²) < 4.78 is 12.9. The molecule has 6 nitrogen and oxygen atoms in total. The van der Waals surface area contributed by atoms with Gasteiger partial charge in [-0.15, -0.1) is 0 Å². The van der Waals surface area contributed by atoms with E-state index in [1.165, 1.54) is 0 Å². The van der Waals surface area contributed by atoms with Crippen LogP contribution in [-0.2, 0) is 11.8 Å². The van der Waals surface area contributed by atoms with E-state index < -0.39 is 12.2 Å². The van der Waals surface area contributed by atoms with Crippen LogP contribution in [-0.4, -0.2) is 34.8 Å². The molecule has 6 heteroatoms. The van der Waals surface area contributed by atoms with Crippen LogP contribution in [0.2, 0.25) is 0 Å². The Hall–Kier alpha value is -2.47. The Morgan fingerprint density at radius 1 is 1.36 bits per heavy atom. The maximum Gasteiger partial charge on any atom is 0.264 e. The first-order valence-corrected chi connectivity index (χ1v) is 7.10. The topological polar surface area (TPSA) is 72.7 Å². The van der Waals surface area contributed by atoms with Crippen LogP contribution >= 0.6 is 0 Å². The molecule has 0 spiro atoms. The van der Waals surface area contributed by atoms with E-state index in [1.807, 2.05) is 42.1 Å². The van der Waals surface area contributed by atoms with E-state index in [0.29, 0.717) is 11.5 Å². The zero-order valence-electron chi connectivity index (χ0n) is 12.2. The molecule has 0 bridgehead atoms. The number of carbonyl (C=O) groups is 1. The van der Waals surface area contributed by atoms with Crippen molar-refractivity contribution in [1.82, 2.24) is 9.88 Å². The van der Waals surface area contributed by atoms with E-state index in [9.17, 15) is 9.90 Å². The molecule has 1 aromatic carbocycles. The van der Waals surface area contributed by atoms with Crippen molar-refractivity contribution in [1.29, 1.82) is 0 Å². The summed E-state index contributed by atoms with van der Waals surface area (Å²) in [5.74, 6) is 0.884. The molecule has 2 N–H and O–H groups in total. The number of aliphatic hydroxyl groups is 1. The average molecular weight is 302 g/mol. The minimum atomic E-state index is -0.763. The lowest BCUT2D eigenvalue weighted by Gasteiger charge is -2.26. The van der Waals surface area contributed by atoms with E-state index in [-0.39, 0.29) is 19.1 Å². The summed E-state index contributed by atoms with van der Waals surface area (Å²) in [5.41, 5.74) is 0.742. The van der Waals surface area contributed by atoms with Crippen molar-refractivity contribution >= 4 is 5.91 Å². The van der Waals surface area contributed by atoms with Gasteiger partial charge in [0.05, 0.1) is 0 Å². The summed E-state index contributed by atoms with van der Waals surface area (Å²) in [6, 6.07) is 10.9. The van der Waals surface area contributed by atoms with Gasteiger partial charge in [-0.3, -0.25) is 4.79 Å². The van der Waals surface area contributed by atoms with Crippen LogP contribution in [0.1, 0.15) is 11.8 Å². The van der Waals surface area contributed by atoms with Crippen LogP contribution in [0.3, 0.4) is 0 Å². The number of aromatic nitrogens is 1. The maximum absolute atomic E-state index is 12.1. The van der Waals surface area contributed by atoms with E-state index in [4.69, 9.17) is 9.47 Å². The van der Waals surface area contributed by atoms with Gasteiger partial charge in [-0.25, -0.2) is 0 Å². The van der Waals surface area contributed by atoms with Crippen LogP contribution in [0.25, 0.3) is 0 Å². The Kier molecular flexibility index (Phi) is 4.02. The number of rotatable bonds is 4. The van der Waals surface area contributed by atoms with Crippen molar-refractivity contribution < 1.29 is 19.4 Å². The lowest BCUT2D eigenvalue weighted by Crippen LogP contribution is -2.45. The van der Waals surface area contributed by atoms with Crippen LogP contribution < -0.4 is 14.8 Å². The number of amides is 1. The third-order valence-corrected chi connectivity index (χ3v) is 3.60. The van der Waals surface area contributed by atoms with E-state index >= 15 is 0 Å². The van der Waals surface area contributed by atoms with Crippen molar-refractivity contribution in [3.05, 3.63) is 48.3 Å². The third-order valence-electron chi connectivity index (χ3n) is 3.60. The Labute approximate surface area is 128 Å². The molecule has 3 rings (SSSR count). The number of nitrogens with zero attached hydrogens (tertiary/aromatic N) is 1. The first kappa shape index (κ1) is 14.5. The van der Waals surface area contributed by atoms with Crippen LogP contribution in [0.15, 0.2) is 42.6 Å². The predicted molar refractivity (Wildman–Crippen MR) is 79.7 cm³/mol. The molecule has 2 atom stereocenters. The highest BCUT2D eigenvalue weighted by atomic mass is 16.6. The molecule has 0 saturated heterocycles. The fourth-order valence-electron chi connectivity index (χ4n) is 2.38. The zero-order valence-corrected chi connectivity index (χ0v) is 12.2. The number of benzene rings is 1. The Morgan fingerprint density at radius 2 is 2.14 bits per heavy atom. The molecule has 2 heterocycles. The molecular formula is C16H18N2O4. The number of hydrogen-bond acceptors (Lipinski definition) is 4. The molecule has 0 unspecified atom stereocenters. The van der Waals surface area contributed by atoms with Crippen molar-refractivity contribution in [3.8, 4) is 11.5 Å². The van der Waals surface area contributed by atoms with Crippen molar-refractivity contribution in [3.63, 3.8) is 0 Å². The van der Waals surface area contributed by atoms with Gasteiger partial charge in [0.25, 0.3) is 5.91 Å². The highest BCUT2D eigenvalue weighted by molar-refractivity contribution is 5.81. The zero-order chi connectivity index (χ0) is 15.5. The minimum Gasteiger partial charge on any atom is -0.485 e. The number of ether oxygens (including phenoxy) is 2. The summed E-state index contributed by atoms with van der Waals surface area (Å²) in [7, 11) is 1.84. The summed E-state index contributed by atoms with van der Waals surface area (Å²) in [6.45, 7) is 0.279. The molecular weight excluding hydrogens is 284 g/mol. The van der Waals surface area contributed by atoms with Gasteiger partial charge in [0.15, 0.2) is 11.5 Å². The number of para-hydroxylation sites is 2. The molecule has 2 aromatic rings. The number of carbonyl (C=O) groups excluding carboxylic acids is 1. The number of aliphatic hydroxyl groups excluding tert-OH is 1. The molecule has 1 aromatic heterocycles. The Balaban J connectivity index is 1.56. The molecule has 116 valence electrons. The van der Waals surface area contributed by atoms with Gasteiger partial charge in [-0.05, 0) is 24.3 Å². The maximum atomic E-state index is 12.1. The van der Waals surface area contributed by atoms with E-state index in [0.717, 1.165) is 5.69 Å². The van der Waals surface area contributed by atoms with Crippen molar-refractivity contribution in [2.75, 3.05) is 13.2 Å². The standard InChI is InChI=1S/C16H18N2O4/c1-18-8-4-5-11(18)12(19)9-17-16(20)15-10-21-13-6-2-3-7-14(13)22-15/h2-8,12,15,19H,9-10H2,1H3,(H,17,20)/t12-,15-/m1/s1. The number of aryl methyl sites for hydroxylation is 1. The number of fused-ring (bicyclic) bond motifs is 1. The van der Waals surface area contributed by atoms with E-state index in [1.54, 1.807) is 12.1 Å². The quantitative estimate of drug-likeness (QED) is 0.884. The van der Waals surface area contributed by atoms with E-state index in [2.05, 4.69) is 5.32 Å². The van der Waals surface area contributed by atoms with Crippen molar-refractivity contribution in [2.45, 2.75) is 12.2 Å². The summed E-state index contributed by atoms with van der Waals surface area (Å²) in [5, 5.41) is 12.8. The highest BCUT2D eigenvalue weighted by Crippen LogP contribution is 2.30. The summed E-state index contributed by atoms with van der Waals surface area (Å²) >= 11 is 0. The normalized spacial score (nSPS) is 17.8. The molecule has 0 radical (unpaired) electrons. The van der Waals surface area contributed by atoms with Gasteiger partial charge in [0.2, 0.25) is 6.10 Å². The number of nitrogens with one attached hydrogen (secondary N) is 1. The van der Waals surface area contributed by atoms with Gasteiger partial charge >= 0.3 is 0 Å². The SMILES string of the molecule is Cn1cccc1[C@H](O)CNC(=O)[C@H]1COc2ccccc2O1. The molecule has 1 aliphatic rings. The van der Waals surface area contributed by atoms with Crippen LogP contribution in [0.5, 0.6) is 11.5 Å². The number of hydrogen-bond donors (Lipinski definition) is 2.